The van der Waals surface area contributed by atoms with Crippen LogP contribution in [-0.4, -0.2) is 0 Å². The van der Waals surface area contributed by atoms with Crippen molar-refractivity contribution in [1.29, 1.82) is 0 Å². The van der Waals surface area contributed by atoms with Gasteiger partial charge in [0, 0.05) is 0 Å². The van der Waals surface area contributed by atoms with E-state index in [1.807, 2.05) is 0 Å². The van der Waals surface area contributed by atoms with E-state index >= 15 is 0 Å². The second kappa shape index (κ2) is 12.7. The first kappa shape index (κ1) is 18.7. The van der Waals surface area contributed by atoms with E-state index < -0.39 is 0 Å². The van der Waals surface area contributed by atoms with E-state index in [1.165, 1.54) is 49.7 Å². The zero-order chi connectivity index (χ0) is 13.1. The number of hydrogen-bond donors (Lipinski definition) is 0. The van der Waals surface area contributed by atoms with Gasteiger partial charge in [-0.25, -0.2) is 23.3 Å². The maximum atomic E-state index is 3.30. The van der Waals surface area contributed by atoms with E-state index in [0.29, 0.717) is 0 Å². The predicted molar refractivity (Wildman–Crippen MR) is 82.3 cm³/mol. The van der Waals surface area contributed by atoms with E-state index in [0.717, 1.165) is 12.8 Å². The van der Waals surface area contributed by atoms with Crippen LogP contribution in [0.25, 0.3) is 0 Å². The summed E-state index contributed by atoms with van der Waals surface area (Å²) < 4.78 is 0. The normalized spacial score (nSPS) is 15.5. The summed E-state index contributed by atoms with van der Waals surface area (Å²) in [5.41, 5.74) is 2.83. The van der Waals surface area contributed by atoms with Crippen molar-refractivity contribution in [1.82, 2.24) is 0 Å². The molecule has 0 amide bonds. The fourth-order valence-electron chi connectivity index (χ4n) is 1.98. The zero-order valence-corrected chi connectivity index (χ0v) is 14.0. The van der Waals surface area contributed by atoms with Gasteiger partial charge in [-0.2, -0.15) is 12.2 Å². The van der Waals surface area contributed by atoms with Crippen molar-refractivity contribution in [2.24, 2.45) is 0 Å². The summed E-state index contributed by atoms with van der Waals surface area (Å²) in [5, 5.41) is 0. The molecule has 0 spiro atoms. The summed E-state index contributed by atoms with van der Waals surface area (Å²) in [6.07, 6.45) is 25.1. The zero-order valence-electron chi connectivity index (χ0n) is 14.5. The number of unbranched alkanes of at least 4 members (excludes halogenated alkanes) is 2. The van der Waals surface area contributed by atoms with Crippen LogP contribution in [0, 0.1) is 12.2 Å². The Kier molecular flexibility index (Phi) is 12.5. The standard InChI is InChI=1S/2C9H13.Ti.2H/c2*1-2-3-6-9-7-4-5-8-9;;;/h2*4,7H,2-3,5-6H2,1H3;;;/q2*-1;+2;2*-1. The van der Waals surface area contributed by atoms with Crippen LogP contribution in [0.2, 0.25) is 0 Å². The van der Waals surface area contributed by atoms with Crippen molar-refractivity contribution in [2.45, 2.75) is 65.2 Å². The second-order valence-electron chi connectivity index (χ2n) is 4.82. The second-order valence-corrected chi connectivity index (χ2v) is 4.82. The minimum atomic E-state index is 0. The molecule has 0 saturated heterocycles. The molecule has 106 valence electrons. The van der Waals surface area contributed by atoms with E-state index in [-0.39, 0.29) is 24.6 Å². The molecule has 0 aromatic carbocycles. The van der Waals surface area contributed by atoms with Gasteiger partial charge < -0.3 is 2.85 Å². The van der Waals surface area contributed by atoms with Crippen LogP contribution in [0.15, 0.2) is 35.5 Å². The summed E-state index contributed by atoms with van der Waals surface area (Å²) in [4.78, 5) is 0. The van der Waals surface area contributed by atoms with E-state index in [4.69, 9.17) is 0 Å². The largest absolute Gasteiger partial charge is 2.00 e. The summed E-state index contributed by atoms with van der Waals surface area (Å²) in [6, 6.07) is 0. The maximum absolute atomic E-state index is 3.30. The van der Waals surface area contributed by atoms with Crippen molar-refractivity contribution in [3.63, 3.8) is 0 Å². The average molecular weight is 292 g/mol. The Balaban J connectivity index is -0.000000270. The Labute approximate surface area is 137 Å². The molecule has 0 aromatic rings. The van der Waals surface area contributed by atoms with Crippen molar-refractivity contribution >= 4 is 0 Å². The van der Waals surface area contributed by atoms with Crippen LogP contribution in [0.1, 0.15) is 68.1 Å². The van der Waals surface area contributed by atoms with Crippen molar-refractivity contribution in [3.05, 3.63) is 47.6 Å². The molecule has 0 aromatic heterocycles. The topological polar surface area (TPSA) is 0 Å². The van der Waals surface area contributed by atoms with Crippen molar-refractivity contribution in [2.75, 3.05) is 0 Å². The monoisotopic (exact) mass is 292 g/mol. The van der Waals surface area contributed by atoms with Gasteiger partial charge in [0.25, 0.3) is 0 Å². The fraction of sp³-hybridized carbons (Fsp3) is 0.556. The van der Waals surface area contributed by atoms with E-state index in [2.05, 4.69) is 50.3 Å². The van der Waals surface area contributed by atoms with Gasteiger partial charge >= 0.3 is 21.7 Å². The molecule has 0 fully saturated rings. The quantitative estimate of drug-likeness (QED) is 0.419. The molecule has 2 aliphatic rings. The maximum Gasteiger partial charge on any atom is 2.00 e. The smallest absolute Gasteiger partial charge is 1.00 e. The molecule has 1 heteroatoms. The SMILES string of the molecule is CCCCC1=[C-]CC=C1.CCCCC1=[C-]CC=C1.[H-].[H-].[Ti+2]. The molecule has 0 nitrogen and oxygen atoms in total. The van der Waals surface area contributed by atoms with Crippen molar-refractivity contribution in [3.8, 4) is 0 Å². The van der Waals surface area contributed by atoms with Gasteiger partial charge in [-0.15, -0.1) is 12.8 Å². The predicted octanol–water partition coefficient (Wildman–Crippen LogP) is 5.95. The number of allylic oxidation sites excluding steroid dienone is 8. The molecule has 2 rings (SSSR count). The molecule has 0 atom stereocenters. The van der Waals surface area contributed by atoms with Crippen LogP contribution >= 0.6 is 0 Å². The van der Waals surface area contributed by atoms with Crippen LogP contribution in [0.3, 0.4) is 0 Å². The third-order valence-corrected chi connectivity index (χ3v) is 3.13. The molecule has 0 unspecified atom stereocenters. The molecule has 2 aliphatic carbocycles. The molecule has 0 saturated carbocycles. The minimum Gasteiger partial charge on any atom is -1.00 e. The Morgan fingerprint density at radius 2 is 1.32 bits per heavy atom. The number of rotatable bonds is 6. The molecule has 0 N–H and O–H groups in total. The first-order chi connectivity index (χ1) is 8.86. The third-order valence-electron chi connectivity index (χ3n) is 3.13. The van der Waals surface area contributed by atoms with Crippen LogP contribution in [0.5, 0.6) is 0 Å². The third kappa shape index (κ3) is 9.24. The Morgan fingerprint density at radius 1 is 0.895 bits per heavy atom. The molecule has 19 heavy (non-hydrogen) atoms. The molecular formula is C18H28Ti-2. The van der Waals surface area contributed by atoms with E-state index in [9.17, 15) is 0 Å². The minimum absolute atomic E-state index is 0. The Bertz CT molecular complexity index is 307. The number of hydrogen-bond acceptors (Lipinski definition) is 0. The molecule has 0 radical (unpaired) electrons. The van der Waals surface area contributed by atoms with Gasteiger partial charge in [-0.3, -0.25) is 12.2 Å². The molecule has 0 bridgehead atoms. The molecule has 0 heterocycles. The van der Waals surface area contributed by atoms with Gasteiger partial charge in [0.1, 0.15) is 0 Å². The van der Waals surface area contributed by atoms with Gasteiger partial charge in [-0.05, 0) is 0 Å². The summed E-state index contributed by atoms with van der Waals surface area (Å²) >= 11 is 0. The first-order valence-electron chi connectivity index (χ1n) is 7.39. The molecular weight excluding hydrogens is 264 g/mol. The Morgan fingerprint density at radius 3 is 1.58 bits per heavy atom. The van der Waals surface area contributed by atoms with Gasteiger partial charge in [0.15, 0.2) is 0 Å². The first-order valence-corrected chi connectivity index (χ1v) is 7.39. The van der Waals surface area contributed by atoms with Gasteiger partial charge in [-0.1, -0.05) is 52.4 Å². The van der Waals surface area contributed by atoms with Crippen LogP contribution < -0.4 is 0 Å². The average Bonchev–Trinajstić information content (AvgIpc) is 3.07. The fourth-order valence-corrected chi connectivity index (χ4v) is 1.98. The van der Waals surface area contributed by atoms with Gasteiger partial charge in [0.05, 0.1) is 0 Å². The summed E-state index contributed by atoms with van der Waals surface area (Å²) in [5.74, 6) is 0. The Hall–Kier alpha value is -0.326. The van der Waals surface area contributed by atoms with E-state index in [1.54, 1.807) is 0 Å². The van der Waals surface area contributed by atoms with Gasteiger partial charge in [0.2, 0.25) is 0 Å². The summed E-state index contributed by atoms with van der Waals surface area (Å²) in [6.45, 7) is 4.44. The van der Waals surface area contributed by atoms with Crippen molar-refractivity contribution < 1.29 is 24.6 Å². The van der Waals surface area contributed by atoms with Crippen LogP contribution in [-0.2, 0) is 21.7 Å². The van der Waals surface area contributed by atoms with Crippen LogP contribution in [0.4, 0.5) is 0 Å². The molecule has 0 aliphatic heterocycles. The summed E-state index contributed by atoms with van der Waals surface area (Å²) in [7, 11) is 0.